The Hall–Kier alpha value is -2.21. The maximum Gasteiger partial charge on any atom is 0.410 e. The van der Waals surface area contributed by atoms with Crippen LogP contribution in [0.1, 0.15) is 30.6 Å². The van der Waals surface area contributed by atoms with Crippen molar-refractivity contribution in [2.75, 3.05) is 20.8 Å². The Morgan fingerprint density at radius 3 is 2.70 bits per heavy atom. The average molecular weight is 434 g/mol. The van der Waals surface area contributed by atoms with Gasteiger partial charge in [-0.05, 0) is 42.2 Å². The van der Waals surface area contributed by atoms with Gasteiger partial charge in [0, 0.05) is 16.6 Å². The highest BCUT2D eigenvalue weighted by Gasteiger charge is 2.36. The van der Waals surface area contributed by atoms with Crippen LogP contribution in [0.3, 0.4) is 0 Å². The Morgan fingerprint density at radius 1 is 1.22 bits per heavy atom. The number of rotatable bonds is 7. The molecule has 3 rings (SSSR count). The molecule has 2 aromatic rings. The van der Waals surface area contributed by atoms with Gasteiger partial charge in [0.25, 0.3) is 0 Å². The summed E-state index contributed by atoms with van der Waals surface area (Å²) >= 11 is 3.48. The van der Waals surface area contributed by atoms with Crippen LogP contribution in [-0.2, 0) is 11.2 Å². The molecule has 1 aliphatic rings. The van der Waals surface area contributed by atoms with Crippen molar-refractivity contribution in [1.82, 2.24) is 4.90 Å². The molecule has 0 unspecified atom stereocenters. The molecule has 0 aromatic heterocycles. The third-order valence-corrected chi connectivity index (χ3v) is 5.42. The second kappa shape index (κ2) is 8.65. The van der Waals surface area contributed by atoms with Crippen molar-refractivity contribution in [2.24, 2.45) is 0 Å². The average Bonchev–Trinajstić information content (AvgIpc) is 3.07. The van der Waals surface area contributed by atoms with E-state index >= 15 is 0 Å². The number of nitrogens with zero attached hydrogens (tertiary/aromatic N) is 1. The normalized spacial score (nSPS) is 17.6. The van der Waals surface area contributed by atoms with Gasteiger partial charge in [0.1, 0.15) is 17.6 Å². The van der Waals surface area contributed by atoms with E-state index in [1.807, 2.05) is 47.4 Å². The second-order valence-corrected chi connectivity index (χ2v) is 7.44. The molecule has 2 atom stereocenters. The zero-order chi connectivity index (χ0) is 19.4. The van der Waals surface area contributed by atoms with Crippen molar-refractivity contribution in [3.05, 3.63) is 58.1 Å². The van der Waals surface area contributed by atoms with Crippen LogP contribution in [0.15, 0.2) is 46.9 Å². The maximum atomic E-state index is 12.5. The van der Waals surface area contributed by atoms with Crippen LogP contribution >= 0.6 is 15.9 Å². The van der Waals surface area contributed by atoms with E-state index in [1.54, 1.807) is 14.2 Å². The molecule has 0 radical (unpaired) electrons. The lowest BCUT2D eigenvalue weighted by molar-refractivity contribution is 0.127. The summed E-state index contributed by atoms with van der Waals surface area (Å²) in [6.07, 6.45) is 1.01. The van der Waals surface area contributed by atoms with Crippen LogP contribution in [0.2, 0.25) is 0 Å². The molecule has 6 heteroatoms. The molecule has 0 spiro atoms. The fourth-order valence-corrected chi connectivity index (χ4v) is 3.82. The van der Waals surface area contributed by atoms with Gasteiger partial charge in [-0.25, -0.2) is 4.79 Å². The van der Waals surface area contributed by atoms with E-state index in [2.05, 4.69) is 22.9 Å². The summed E-state index contributed by atoms with van der Waals surface area (Å²) in [6.45, 7) is 2.63. The van der Waals surface area contributed by atoms with Crippen LogP contribution in [0, 0.1) is 0 Å². The quantitative estimate of drug-likeness (QED) is 0.617. The number of carbonyl (C=O) groups is 1. The van der Waals surface area contributed by atoms with Crippen molar-refractivity contribution in [3.8, 4) is 11.5 Å². The van der Waals surface area contributed by atoms with Crippen LogP contribution < -0.4 is 9.47 Å². The van der Waals surface area contributed by atoms with Gasteiger partial charge < -0.3 is 19.1 Å². The summed E-state index contributed by atoms with van der Waals surface area (Å²) < 4.78 is 17.4. The summed E-state index contributed by atoms with van der Waals surface area (Å²) in [6, 6.07) is 13.7. The topological polar surface area (TPSA) is 48.0 Å². The van der Waals surface area contributed by atoms with Gasteiger partial charge >= 0.3 is 6.09 Å². The van der Waals surface area contributed by atoms with Crippen LogP contribution in [0.4, 0.5) is 4.79 Å². The Kier molecular flexibility index (Phi) is 6.26. The Morgan fingerprint density at radius 2 is 2.04 bits per heavy atom. The first-order valence-electron chi connectivity index (χ1n) is 8.99. The fourth-order valence-electron chi connectivity index (χ4n) is 3.41. The van der Waals surface area contributed by atoms with E-state index in [0.717, 1.165) is 33.5 Å². The standard InChI is InChI=1S/C21H24BrNO4/c1-4-17(11-15-8-9-18(25-2)12-19(15)26-3)23-13-20(27-21(23)24)14-6-5-7-16(22)10-14/h5-10,12,17,20H,4,11,13H2,1-3H3/t17-,20+/m1/s1. The highest BCUT2D eigenvalue weighted by molar-refractivity contribution is 9.10. The minimum absolute atomic E-state index is 0.0388. The molecule has 1 amide bonds. The van der Waals surface area contributed by atoms with Crippen molar-refractivity contribution in [3.63, 3.8) is 0 Å². The van der Waals surface area contributed by atoms with Gasteiger partial charge in [-0.2, -0.15) is 0 Å². The first-order valence-corrected chi connectivity index (χ1v) is 9.78. The van der Waals surface area contributed by atoms with Crippen molar-refractivity contribution < 1.29 is 19.0 Å². The lowest BCUT2D eigenvalue weighted by atomic mass is 10.0. The van der Waals surface area contributed by atoms with E-state index in [-0.39, 0.29) is 18.2 Å². The molecule has 1 heterocycles. The molecule has 144 valence electrons. The summed E-state index contributed by atoms with van der Waals surface area (Å²) in [5, 5.41) is 0. The monoisotopic (exact) mass is 433 g/mol. The summed E-state index contributed by atoms with van der Waals surface area (Å²) in [7, 11) is 3.28. The fraction of sp³-hybridized carbons (Fsp3) is 0.381. The van der Waals surface area contributed by atoms with Crippen molar-refractivity contribution >= 4 is 22.0 Å². The third-order valence-electron chi connectivity index (χ3n) is 4.92. The smallest absolute Gasteiger partial charge is 0.410 e. The number of carbonyl (C=O) groups excluding carboxylic acids is 1. The third kappa shape index (κ3) is 4.38. The Balaban J connectivity index is 1.77. The largest absolute Gasteiger partial charge is 0.497 e. The first kappa shape index (κ1) is 19.5. The molecule has 1 aliphatic heterocycles. The molecule has 0 bridgehead atoms. The number of hydrogen-bond donors (Lipinski definition) is 0. The van der Waals surface area contributed by atoms with Gasteiger partial charge in [0.05, 0.1) is 20.8 Å². The number of amides is 1. The number of cyclic esters (lactones) is 1. The Labute approximate surface area is 168 Å². The van der Waals surface area contributed by atoms with Gasteiger partial charge in [-0.1, -0.05) is 41.1 Å². The van der Waals surface area contributed by atoms with Crippen LogP contribution in [0.25, 0.3) is 0 Å². The van der Waals surface area contributed by atoms with E-state index in [4.69, 9.17) is 14.2 Å². The lowest BCUT2D eigenvalue weighted by Crippen LogP contribution is -2.37. The highest BCUT2D eigenvalue weighted by Crippen LogP contribution is 2.32. The number of hydrogen-bond acceptors (Lipinski definition) is 4. The van der Waals surface area contributed by atoms with E-state index in [9.17, 15) is 4.79 Å². The van der Waals surface area contributed by atoms with E-state index < -0.39 is 0 Å². The summed E-state index contributed by atoms with van der Waals surface area (Å²) in [5.41, 5.74) is 2.04. The molecule has 27 heavy (non-hydrogen) atoms. The number of methoxy groups -OCH3 is 2. The zero-order valence-electron chi connectivity index (χ0n) is 15.8. The lowest BCUT2D eigenvalue weighted by Gasteiger charge is -2.25. The van der Waals surface area contributed by atoms with Crippen LogP contribution in [0.5, 0.6) is 11.5 Å². The summed E-state index contributed by atoms with van der Waals surface area (Å²) in [4.78, 5) is 14.4. The number of benzene rings is 2. The molecule has 0 N–H and O–H groups in total. The summed E-state index contributed by atoms with van der Waals surface area (Å²) in [5.74, 6) is 1.52. The van der Waals surface area contributed by atoms with Crippen molar-refractivity contribution in [2.45, 2.75) is 31.9 Å². The molecular weight excluding hydrogens is 410 g/mol. The molecule has 1 saturated heterocycles. The molecule has 0 aliphatic carbocycles. The number of halogens is 1. The van der Waals surface area contributed by atoms with Gasteiger partial charge in [-0.15, -0.1) is 0 Å². The first-order chi connectivity index (χ1) is 13.0. The molecule has 1 fully saturated rings. The molecular formula is C21H24BrNO4. The van der Waals surface area contributed by atoms with Gasteiger partial charge in [0.2, 0.25) is 0 Å². The van der Waals surface area contributed by atoms with Crippen LogP contribution in [-0.4, -0.2) is 37.8 Å². The maximum absolute atomic E-state index is 12.5. The Bertz CT molecular complexity index is 811. The molecule has 2 aromatic carbocycles. The van der Waals surface area contributed by atoms with E-state index in [0.29, 0.717) is 13.0 Å². The highest BCUT2D eigenvalue weighted by atomic mass is 79.9. The van der Waals surface area contributed by atoms with Gasteiger partial charge in [-0.3, -0.25) is 0 Å². The molecule has 5 nitrogen and oxygen atoms in total. The minimum atomic E-state index is -0.265. The second-order valence-electron chi connectivity index (χ2n) is 6.52. The van der Waals surface area contributed by atoms with Gasteiger partial charge in [0.15, 0.2) is 0 Å². The minimum Gasteiger partial charge on any atom is -0.497 e. The zero-order valence-corrected chi connectivity index (χ0v) is 17.4. The van der Waals surface area contributed by atoms with E-state index in [1.165, 1.54) is 0 Å². The predicted octanol–water partition coefficient (Wildman–Crippen LogP) is 4.98. The number of ether oxygens (including phenoxy) is 3. The predicted molar refractivity (Wildman–Crippen MR) is 107 cm³/mol. The molecule has 0 saturated carbocycles. The SMILES string of the molecule is CC[C@H](Cc1ccc(OC)cc1OC)N1C[C@@H](c2cccc(Br)c2)OC1=O. The van der Waals surface area contributed by atoms with Crippen molar-refractivity contribution in [1.29, 1.82) is 0 Å².